The van der Waals surface area contributed by atoms with Crippen molar-refractivity contribution in [3.63, 3.8) is 0 Å². The number of ether oxygens (including phenoxy) is 1. The van der Waals surface area contributed by atoms with E-state index >= 15 is 0 Å². The first-order valence-electron chi connectivity index (χ1n) is 6.49. The van der Waals surface area contributed by atoms with Crippen molar-refractivity contribution in [2.45, 2.75) is 31.3 Å². The highest BCUT2D eigenvalue weighted by Gasteiger charge is 2.23. The summed E-state index contributed by atoms with van der Waals surface area (Å²) in [5.41, 5.74) is 17.0. The van der Waals surface area contributed by atoms with Gasteiger partial charge in [0.2, 0.25) is 5.91 Å². The molecule has 0 unspecified atom stereocenters. The van der Waals surface area contributed by atoms with E-state index in [-0.39, 0.29) is 19.3 Å². The van der Waals surface area contributed by atoms with Gasteiger partial charge in [-0.05, 0) is 18.4 Å². The van der Waals surface area contributed by atoms with Crippen LogP contribution in [0.5, 0.6) is 0 Å². The zero-order valence-electron chi connectivity index (χ0n) is 11.5. The third-order valence-corrected chi connectivity index (χ3v) is 2.81. The summed E-state index contributed by atoms with van der Waals surface area (Å²) in [5, 5.41) is 0. The van der Waals surface area contributed by atoms with Gasteiger partial charge in [-0.15, -0.1) is 0 Å². The second-order valence-electron chi connectivity index (χ2n) is 4.65. The predicted molar refractivity (Wildman–Crippen MR) is 75.6 cm³/mol. The van der Waals surface area contributed by atoms with Crippen molar-refractivity contribution >= 4 is 17.8 Å². The molecule has 1 aromatic carbocycles. The Morgan fingerprint density at radius 1 is 1.00 bits per heavy atom. The Morgan fingerprint density at radius 3 is 2.14 bits per heavy atom. The molecule has 6 N–H and O–H groups in total. The van der Waals surface area contributed by atoms with Crippen molar-refractivity contribution in [2.24, 2.45) is 17.2 Å². The number of primary amides is 1. The SMILES string of the molecule is NC(=O)CC[C@H](N)C(=O)OC(=O)[C@@H](N)Cc1ccccc1. The predicted octanol–water partition coefficient (Wildman–Crippen LogP) is -0.781. The molecule has 0 aromatic heterocycles. The molecule has 0 radical (unpaired) electrons. The highest BCUT2D eigenvalue weighted by atomic mass is 16.6. The van der Waals surface area contributed by atoms with E-state index in [1.165, 1.54) is 0 Å². The molecule has 1 amide bonds. The zero-order valence-corrected chi connectivity index (χ0v) is 11.5. The molecular formula is C14H19N3O4. The molecule has 0 aliphatic heterocycles. The summed E-state index contributed by atoms with van der Waals surface area (Å²) in [6.45, 7) is 0. The van der Waals surface area contributed by atoms with E-state index in [1.807, 2.05) is 30.3 Å². The number of carbonyl (C=O) groups excluding carboxylic acids is 3. The van der Waals surface area contributed by atoms with Gasteiger partial charge in [-0.2, -0.15) is 0 Å². The van der Waals surface area contributed by atoms with E-state index in [4.69, 9.17) is 17.2 Å². The van der Waals surface area contributed by atoms with Gasteiger partial charge in [-0.25, -0.2) is 9.59 Å². The monoisotopic (exact) mass is 293 g/mol. The van der Waals surface area contributed by atoms with Gasteiger partial charge < -0.3 is 21.9 Å². The number of benzene rings is 1. The van der Waals surface area contributed by atoms with Crippen LogP contribution in [-0.4, -0.2) is 29.9 Å². The van der Waals surface area contributed by atoms with Crippen LogP contribution >= 0.6 is 0 Å². The van der Waals surface area contributed by atoms with Crippen molar-refractivity contribution < 1.29 is 19.1 Å². The topological polar surface area (TPSA) is 139 Å². The van der Waals surface area contributed by atoms with Crippen LogP contribution in [0.2, 0.25) is 0 Å². The zero-order chi connectivity index (χ0) is 15.8. The van der Waals surface area contributed by atoms with E-state index in [0.717, 1.165) is 5.56 Å². The molecule has 114 valence electrons. The number of hydrogen-bond donors (Lipinski definition) is 3. The molecule has 1 aromatic rings. The fourth-order valence-electron chi connectivity index (χ4n) is 1.62. The van der Waals surface area contributed by atoms with Crippen molar-refractivity contribution in [2.75, 3.05) is 0 Å². The average Bonchev–Trinajstić information content (AvgIpc) is 2.45. The van der Waals surface area contributed by atoms with Gasteiger partial charge in [0.05, 0.1) is 0 Å². The molecule has 0 spiro atoms. The smallest absolute Gasteiger partial charge is 0.330 e. The van der Waals surface area contributed by atoms with Crippen molar-refractivity contribution in [3.05, 3.63) is 35.9 Å². The maximum Gasteiger partial charge on any atom is 0.330 e. The lowest BCUT2D eigenvalue weighted by Crippen LogP contribution is -2.40. The summed E-state index contributed by atoms with van der Waals surface area (Å²) in [4.78, 5) is 33.8. The van der Waals surface area contributed by atoms with E-state index in [9.17, 15) is 14.4 Å². The van der Waals surface area contributed by atoms with Crippen molar-refractivity contribution in [1.82, 2.24) is 0 Å². The van der Waals surface area contributed by atoms with Gasteiger partial charge >= 0.3 is 11.9 Å². The third kappa shape index (κ3) is 6.15. The van der Waals surface area contributed by atoms with E-state index in [2.05, 4.69) is 4.74 Å². The first-order valence-corrected chi connectivity index (χ1v) is 6.49. The minimum absolute atomic E-state index is 0.0232. The Bertz CT molecular complexity index is 504. The number of carbonyl (C=O) groups is 3. The highest BCUT2D eigenvalue weighted by Crippen LogP contribution is 2.04. The van der Waals surface area contributed by atoms with Crippen molar-refractivity contribution in [3.8, 4) is 0 Å². The summed E-state index contributed by atoms with van der Waals surface area (Å²) >= 11 is 0. The average molecular weight is 293 g/mol. The normalized spacial score (nSPS) is 13.2. The summed E-state index contributed by atoms with van der Waals surface area (Å²) in [6.07, 6.45) is 0.222. The van der Waals surface area contributed by atoms with Crippen LogP contribution in [-0.2, 0) is 25.5 Å². The molecule has 2 atom stereocenters. The minimum Gasteiger partial charge on any atom is -0.391 e. The largest absolute Gasteiger partial charge is 0.391 e. The maximum atomic E-state index is 11.7. The van der Waals surface area contributed by atoms with Crippen LogP contribution in [0.3, 0.4) is 0 Å². The van der Waals surface area contributed by atoms with Crippen LogP contribution in [0.15, 0.2) is 30.3 Å². The molecule has 0 saturated heterocycles. The Balaban J connectivity index is 2.44. The quantitative estimate of drug-likeness (QED) is 0.445. The molecule has 7 nitrogen and oxygen atoms in total. The van der Waals surface area contributed by atoms with E-state index < -0.39 is 29.9 Å². The molecule has 0 fully saturated rings. The van der Waals surface area contributed by atoms with Crippen LogP contribution in [0, 0.1) is 0 Å². The first-order chi connectivity index (χ1) is 9.90. The highest BCUT2D eigenvalue weighted by molar-refractivity contribution is 5.91. The molecular weight excluding hydrogens is 274 g/mol. The van der Waals surface area contributed by atoms with Gasteiger partial charge in [-0.3, -0.25) is 4.79 Å². The molecule has 0 aliphatic carbocycles. The Morgan fingerprint density at radius 2 is 1.57 bits per heavy atom. The summed E-state index contributed by atoms with van der Waals surface area (Å²) in [5.74, 6) is -2.34. The van der Waals surface area contributed by atoms with E-state index in [1.54, 1.807) is 0 Å². The molecule has 0 heterocycles. The second kappa shape index (κ2) is 8.13. The molecule has 1 rings (SSSR count). The van der Waals surface area contributed by atoms with Gasteiger partial charge in [0, 0.05) is 6.42 Å². The van der Waals surface area contributed by atoms with Gasteiger partial charge in [0.25, 0.3) is 0 Å². The Kier molecular flexibility index (Phi) is 6.51. The van der Waals surface area contributed by atoms with Crippen LogP contribution in [0.4, 0.5) is 0 Å². The number of nitrogens with two attached hydrogens (primary N) is 3. The molecule has 21 heavy (non-hydrogen) atoms. The summed E-state index contributed by atoms with van der Waals surface area (Å²) < 4.78 is 4.60. The van der Waals surface area contributed by atoms with Gasteiger partial charge in [-0.1, -0.05) is 30.3 Å². The molecule has 7 heteroatoms. The van der Waals surface area contributed by atoms with Gasteiger partial charge in [0.15, 0.2) is 0 Å². The lowest BCUT2D eigenvalue weighted by Gasteiger charge is -2.13. The molecule has 0 bridgehead atoms. The van der Waals surface area contributed by atoms with Crippen LogP contribution < -0.4 is 17.2 Å². The fourth-order valence-corrected chi connectivity index (χ4v) is 1.62. The lowest BCUT2D eigenvalue weighted by atomic mass is 10.1. The fraction of sp³-hybridized carbons (Fsp3) is 0.357. The standard InChI is InChI=1S/C14H19N3O4/c15-10(6-7-12(17)18)13(19)21-14(20)11(16)8-9-4-2-1-3-5-9/h1-5,10-11H,6-8,15-16H2,(H2,17,18)/t10-,11-/m0/s1. The molecule has 0 aliphatic rings. The lowest BCUT2D eigenvalue weighted by molar-refractivity contribution is -0.161. The van der Waals surface area contributed by atoms with Crippen LogP contribution in [0.1, 0.15) is 18.4 Å². The second-order valence-corrected chi connectivity index (χ2v) is 4.65. The van der Waals surface area contributed by atoms with Gasteiger partial charge in [0.1, 0.15) is 12.1 Å². The van der Waals surface area contributed by atoms with E-state index in [0.29, 0.717) is 0 Å². The number of hydrogen-bond acceptors (Lipinski definition) is 6. The summed E-state index contributed by atoms with van der Waals surface area (Å²) in [7, 11) is 0. The number of esters is 2. The Labute approximate surface area is 122 Å². The maximum absolute atomic E-state index is 11.7. The minimum atomic E-state index is -1.08. The number of rotatable bonds is 7. The third-order valence-electron chi connectivity index (χ3n) is 2.81. The van der Waals surface area contributed by atoms with Crippen molar-refractivity contribution in [1.29, 1.82) is 0 Å². The number of amides is 1. The molecule has 0 saturated carbocycles. The Hall–Kier alpha value is -2.25. The first kappa shape index (κ1) is 16.8. The summed E-state index contributed by atoms with van der Waals surface area (Å²) in [6, 6.07) is 7.07. The van der Waals surface area contributed by atoms with Crippen LogP contribution in [0.25, 0.3) is 0 Å².